The molecule has 1 heterocycles. The fourth-order valence-corrected chi connectivity index (χ4v) is 3.68. The molecule has 2 rings (SSSR count). The molecule has 3 heteroatoms. The van der Waals surface area contributed by atoms with Crippen molar-refractivity contribution in [2.24, 2.45) is 0 Å². The van der Waals surface area contributed by atoms with Gasteiger partial charge in [0.25, 0.3) is 0 Å². The van der Waals surface area contributed by atoms with Gasteiger partial charge in [-0.1, -0.05) is 25.1 Å². The van der Waals surface area contributed by atoms with Gasteiger partial charge in [-0.2, -0.15) is 11.8 Å². The number of hydrogen-bond donors (Lipinski definition) is 1. The zero-order chi connectivity index (χ0) is 13.7. The van der Waals surface area contributed by atoms with Crippen LogP contribution in [-0.4, -0.2) is 30.6 Å². The van der Waals surface area contributed by atoms with Crippen LogP contribution in [0.4, 0.5) is 5.69 Å². The first kappa shape index (κ1) is 14.7. The summed E-state index contributed by atoms with van der Waals surface area (Å²) in [6, 6.07) is 9.95. The van der Waals surface area contributed by atoms with Crippen LogP contribution in [-0.2, 0) is 0 Å². The normalized spacial score (nSPS) is 21.4. The fraction of sp³-hybridized carbons (Fsp3) is 0.625. The number of benzene rings is 1. The van der Waals surface area contributed by atoms with Crippen LogP contribution in [0.3, 0.4) is 0 Å². The number of hydrogen-bond acceptors (Lipinski definition) is 3. The van der Waals surface area contributed by atoms with E-state index >= 15 is 0 Å². The quantitative estimate of drug-likeness (QED) is 0.884. The summed E-state index contributed by atoms with van der Waals surface area (Å²) in [5, 5.41) is 3.61. The van der Waals surface area contributed by atoms with Gasteiger partial charge in [-0.3, -0.25) is 0 Å². The van der Waals surface area contributed by atoms with Crippen molar-refractivity contribution in [2.75, 3.05) is 29.5 Å². The van der Waals surface area contributed by atoms with Crippen molar-refractivity contribution in [3.63, 3.8) is 0 Å². The van der Waals surface area contributed by atoms with Crippen molar-refractivity contribution in [3.8, 4) is 0 Å². The highest BCUT2D eigenvalue weighted by molar-refractivity contribution is 7.99. The molecule has 2 nitrogen and oxygen atoms in total. The summed E-state index contributed by atoms with van der Waals surface area (Å²) in [6.45, 7) is 9.09. The molecule has 0 radical (unpaired) electrons. The molecule has 1 saturated heterocycles. The number of para-hydroxylation sites is 1. The molecule has 106 valence electrons. The van der Waals surface area contributed by atoms with Gasteiger partial charge in [0.2, 0.25) is 0 Å². The van der Waals surface area contributed by atoms with E-state index in [4.69, 9.17) is 0 Å². The Balaban J connectivity index is 2.19. The molecule has 0 bridgehead atoms. The van der Waals surface area contributed by atoms with Crippen molar-refractivity contribution < 1.29 is 0 Å². The van der Waals surface area contributed by atoms with Crippen molar-refractivity contribution in [1.29, 1.82) is 0 Å². The van der Waals surface area contributed by atoms with E-state index in [1.807, 2.05) is 0 Å². The van der Waals surface area contributed by atoms with Gasteiger partial charge in [-0.25, -0.2) is 0 Å². The number of nitrogens with zero attached hydrogens (tertiary/aromatic N) is 1. The van der Waals surface area contributed by atoms with E-state index in [1.54, 1.807) is 0 Å². The van der Waals surface area contributed by atoms with Gasteiger partial charge in [-0.15, -0.1) is 0 Å². The molecule has 0 saturated carbocycles. The topological polar surface area (TPSA) is 15.3 Å². The molecular formula is C16H26N2S. The molecule has 0 spiro atoms. The van der Waals surface area contributed by atoms with E-state index in [0.717, 1.165) is 6.54 Å². The van der Waals surface area contributed by atoms with E-state index in [-0.39, 0.29) is 0 Å². The molecule has 1 aromatic rings. The Morgan fingerprint density at radius 1 is 1.42 bits per heavy atom. The maximum atomic E-state index is 3.61. The summed E-state index contributed by atoms with van der Waals surface area (Å²) < 4.78 is 0. The Morgan fingerprint density at radius 3 is 2.95 bits per heavy atom. The predicted molar refractivity (Wildman–Crippen MR) is 87.3 cm³/mol. The van der Waals surface area contributed by atoms with Crippen molar-refractivity contribution >= 4 is 17.4 Å². The van der Waals surface area contributed by atoms with Crippen LogP contribution >= 0.6 is 11.8 Å². The minimum Gasteiger partial charge on any atom is -0.367 e. The van der Waals surface area contributed by atoms with Gasteiger partial charge in [-0.05, 0) is 38.4 Å². The first-order valence-electron chi connectivity index (χ1n) is 7.40. The van der Waals surface area contributed by atoms with E-state index < -0.39 is 0 Å². The monoisotopic (exact) mass is 278 g/mol. The zero-order valence-electron chi connectivity index (χ0n) is 12.4. The third-order valence-corrected chi connectivity index (χ3v) is 4.97. The number of anilines is 1. The Labute approximate surface area is 122 Å². The first-order valence-corrected chi connectivity index (χ1v) is 8.56. The maximum Gasteiger partial charge on any atom is 0.0417 e. The van der Waals surface area contributed by atoms with Gasteiger partial charge in [0.15, 0.2) is 0 Å². The SMILES string of the molecule is CCCNC(C)c1ccccc1N1CCSCC1C. The predicted octanol–water partition coefficient (Wildman–Crippen LogP) is 3.69. The van der Waals surface area contributed by atoms with E-state index in [2.05, 4.69) is 67.0 Å². The number of thioether (sulfide) groups is 1. The summed E-state index contributed by atoms with van der Waals surface area (Å²) in [5.74, 6) is 2.49. The molecule has 1 aliphatic rings. The largest absolute Gasteiger partial charge is 0.367 e. The highest BCUT2D eigenvalue weighted by atomic mass is 32.2. The molecule has 0 aliphatic carbocycles. The van der Waals surface area contributed by atoms with Gasteiger partial charge in [0, 0.05) is 35.8 Å². The molecular weight excluding hydrogens is 252 g/mol. The molecule has 19 heavy (non-hydrogen) atoms. The lowest BCUT2D eigenvalue weighted by Gasteiger charge is -2.37. The maximum absolute atomic E-state index is 3.61. The van der Waals surface area contributed by atoms with Gasteiger partial charge in [0.1, 0.15) is 0 Å². The van der Waals surface area contributed by atoms with Crippen LogP contribution < -0.4 is 10.2 Å². The van der Waals surface area contributed by atoms with Crippen LogP contribution in [0.2, 0.25) is 0 Å². The average molecular weight is 278 g/mol. The molecule has 1 aromatic carbocycles. The molecule has 1 aliphatic heterocycles. The molecule has 0 aromatic heterocycles. The Kier molecular flexibility index (Phi) is 5.59. The third-order valence-electron chi connectivity index (χ3n) is 3.78. The van der Waals surface area contributed by atoms with Gasteiger partial charge in [0.05, 0.1) is 0 Å². The molecule has 0 amide bonds. The van der Waals surface area contributed by atoms with Crippen LogP contribution in [0, 0.1) is 0 Å². The van der Waals surface area contributed by atoms with Gasteiger partial charge < -0.3 is 10.2 Å². The molecule has 1 fully saturated rings. The van der Waals surface area contributed by atoms with Crippen molar-refractivity contribution in [2.45, 2.75) is 39.3 Å². The van der Waals surface area contributed by atoms with Crippen LogP contribution in [0.5, 0.6) is 0 Å². The standard InChI is InChI=1S/C16H26N2S/c1-4-9-17-14(3)15-7-5-6-8-16(15)18-10-11-19-12-13(18)2/h5-8,13-14,17H,4,9-12H2,1-3H3. The summed E-state index contributed by atoms with van der Waals surface area (Å²) in [5.41, 5.74) is 2.86. The second-order valence-electron chi connectivity index (χ2n) is 5.35. The van der Waals surface area contributed by atoms with E-state index in [0.29, 0.717) is 12.1 Å². The zero-order valence-corrected chi connectivity index (χ0v) is 13.2. The lowest BCUT2D eigenvalue weighted by molar-refractivity contribution is 0.566. The second kappa shape index (κ2) is 7.20. The van der Waals surface area contributed by atoms with Crippen LogP contribution in [0.1, 0.15) is 38.8 Å². The number of rotatable bonds is 5. The summed E-state index contributed by atoms with van der Waals surface area (Å²) in [4.78, 5) is 2.58. The highest BCUT2D eigenvalue weighted by Crippen LogP contribution is 2.30. The lowest BCUT2D eigenvalue weighted by atomic mass is 10.0. The smallest absolute Gasteiger partial charge is 0.0417 e. The van der Waals surface area contributed by atoms with Gasteiger partial charge >= 0.3 is 0 Å². The molecule has 2 atom stereocenters. The second-order valence-corrected chi connectivity index (χ2v) is 6.50. The minimum absolute atomic E-state index is 0.429. The minimum atomic E-state index is 0.429. The Bertz CT molecular complexity index is 394. The Morgan fingerprint density at radius 2 is 2.21 bits per heavy atom. The number of nitrogens with one attached hydrogen (secondary N) is 1. The molecule has 1 N–H and O–H groups in total. The van der Waals surface area contributed by atoms with Crippen molar-refractivity contribution in [1.82, 2.24) is 5.32 Å². The summed E-state index contributed by atoms with van der Waals surface area (Å²) >= 11 is 2.07. The summed E-state index contributed by atoms with van der Waals surface area (Å²) in [7, 11) is 0. The van der Waals surface area contributed by atoms with Crippen LogP contribution in [0.25, 0.3) is 0 Å². The summed E-state index contributed by atoms with van der Waals surface area (Å²) in [6.07, 6.45) is 1.18. The molecule has 2 unspecified atom stereocenters. The Hall–Kier alpha value is -0.670. The van der Waals surface area contributed by atoms with E-state index in [1.165, 1.54) is 35.7 Å². The van der Waals surface area contributed by atoms with Crippen LogP contribution in [0.15, 0.2) is 24.3 Å². The first-order chi connectivity index (χ1) is 9.24. The highest BCUT2D eigenvalue weighted by Gasteiger charge is 2.22. The average Bonchev–Trinajstić information content (AvgIpc) is 2.45. The van der Waals surface area contributed by atoms with Crippen molar-refractivity contribution in [3.05, 3.63) is 29.8 Å². The lowest BCUT2D eigenvalue weighted by Crippen LogP contribution is -2.41. The third kappa shape index (κ3) is 3.67. The van der Waals surface area contributed by atoms with E-state index in [9.17, 15) is 0 Å². The fourth-order valence-electron chi connectivity index (χ4n) is 2.67.